The van der Waals surface area contributed by atoms with Gasteiger partial charge in [0.05, 0.1) is 22.6 Å². The summed E-state index contributed by atoms with van der Waals surface area (Å²) >= 11 is 0. The number of aryl methyl sites for hydroxylation is 1. The maximum Gasteiger partial charge on any atom is 0.240 e. The van der Waals surface area contributed by atoms with Gasteiger partial charge in [-0.1, -0.05) is 24.3 Å². The van der Waals surface area contributed by atoms with Crippen LogP contribution >= 0.6 is 0 Å². The van der Waals surface area contributed by atoms with Crippen LogP contribution < -0.4 is 4.72 Å². The van der Waals surface area contributed by atoms with Crippen molar-refractivity contribution in [2.45, 2.75) is 56.5 Å². The molecular formula is C23H27N3O3S. The number of nitrogens with zero attached hydrogens (tertiary/aromatic N) is 2. The second-order valence-electron chi connectivity index (χ2n) is 7.63. The molecule has 6 nitrogen and oxygen atoms in total. The van der Waals surface area contributed by atoms with Gasteiger partial charge in [-0.25, -0.2) is 13.1 Å². The van der Waals surface area contributed by atoms with Crippen molar-refractivity contribution >= 4 is 15.9 Å². The topological polar surface area (TPSA) is 90.3 Å². The summed E-state index contributed by atoms with van der Waals surface area (Å²) in [5.41, 5.74) is 2.51. The maximum atomic E-state index is 12.8. The van der Waals surface area contributed by atoms with Crippen LogP contribution in [0.25, 0.3) is 0 Å². The first kappa shape index (κ1) is 22.0. The van der Waals surface area contributed by atoms with Gasteiger partial charge in [-0.05, 0) is 68.5 Å². The quantitative estimate of drug-likeness (QED) is 0.665. The molecule has 1 unspecified atom stereocenters. The van der Waals surface area contributed by atoms with Gasteiger partial charge < -0.3 is 4.90 Å². The fraction of sp³-hybridized carbons (Fsp3) is 0.391. The van der Waals surface area contributed by atoms with E-state index < -0.39 is 10.0 Å². The highest BCUT2D eigenvalue weighted by atomic mass is 32.2. The van der Waals surface area contributed by atoms with E-state index in [0.717, 1.165) is 24.0 Å². The highest BCUT2D eigenvalue weighted by molar-refractivity contribution is 7.89. The van der Waals surface area contributed by atoms with E-state index in [1.807, 2.05) is 30.9 Å². The zero-order valence-corrected chi connectivity index (χ0v) is 18.2. The van der Waals surface area contributed by atoms with E-state index in [9.17, 15) is 13.2 Å². The summed E-state index contributed by atoms with van der Waals surface area (Å²) < 4.78 is 27.2. The van der Waals surface area contributed by atoms with Crippen LogP contribution in [0.5, 0.6) is 0 Å². The highest BCUT2D eigenvalue weighted by Crippen LogP contribution is 2.23. The van der Waals surface area contributed by atoms with Crippen LogP contribution in [0.4, 0.5) is 0 Å². The van der Waals surface area contributed by atoms with Gasteiger partial charge in [0, 0.05) is 19.0 Å². The number of benzene rings is 2. The molecule has 0 aliphatic heterocycles. The third kappa shape index (κ3) is 5.47. The number of sulfonamides is 1. The molecule has 0 aromatic heterocycles. The van der Waals surface area contributed by atoms with Gasteiger partial charge in [0.25, 0.3) is 0 Å². The molecule has 3 rings (SSSR count). The molecule has 0 spiro atoms. The zero-order valence-electron chi connectivity index (χ0n) is 17.3. The molecule has 0 radical (unpaired) electrons. The van der Waals surface area contributed by atoms with Gasteiger partial charge in [-0.3, -0.25) is 4.79 Å². The van der Waals surface area contributed by atoms with Crippen molar-refractivity contribution in [2.75, 3.05) is 6.54 Å². The first-order chi connectivity index (χ1) is 14.3. The normalized spacial score (nSPS) is 14.7. The summed E-state index contributed by atoms with van der Waals surface area (Å²) in [7, 11) is -3.45. The molecule has 7 heteroatoms. The number of nitriles is 1. The average Bonchev–Trinajstić information content (AvgIpc) is 3.56. The number of carbonyl (C=O) groups is 1. The molecule has 1 atom stereocenters. The molecule has 1 amide bonds. The van der Waals surface area contributed by atoms with Gasteiger partial charge in [0.15, 0.2) is 0 Å². The molecule has 2 aromatic carbocycles. The summed E-state index contributed by atoms with van der Waals surface area (Å²) in [5, 5.41) is 8.94. The molecule has 0 heterocycles. The van der Waals surface area contributed by atoms with Crippen LogP contribution in [0.15, 0.2) is 53.4 Å². The van der Waals surface area contributed by atoms with E-state index in [1.54, 1.807) is 36.4 Å². The Morgan fingerprint density at radius 1 is 1.17 bits per heavy atom. The third-order valence-electron chi connectivity index (χ3n) is 5.41. The van der Waals surface area contributed by atoms with Gasteiger partial charge in [0.2, 0.25) is 15.9 Å². The molecule has 2 aromatic rings. The standard InChI is InChI=1S/C23H27N3O3S/c1-3-26(17(2)20-9-4-19(16-24)5-10-20)23(27)15-8-18-6-13-22(14-7-18)30(28,29)25-21-11-12-21/h4-7,9-10,13-14,17,21,25H,3,8,11-12,15H2,1-2H3. The summed E-state index contributed by atoms with van der Waals surface area (Å²) in [6.07, 6.45) is 2.69. The Balaban J connectivity index is 1.59. The lowest BCUT2D eigenvalue weighted by atomic mass is 10.0. The van der Waals surface area contributed by atoms with Gasteiger partial charge >= 0.3 is 0 Å². The van der Waals surface area contributed by atoms with Crippen molar-refractivity contribution in [3.63, 3.8) is 0 Å². The Kier molecular flexibility index (Phi) is 6.91. The van der Waals surface area contributed by atoms with Crippen molar-refractivity contribution in [3.8, 4) is 6.07 Å². The van der Waals surface area contributed by atoms with Crippen molar-refractivity contribution in [3.05, 3.63) is 65.2 Å². The van der Waals surface area contributed by atoms with Crippen molar-refractivity contribution in [1.82, 2.24) is 9.62 Å². The lowest BCUT2D eigenvalue weighted by Gasteiger charge is -2.28. The number of rotatable bonds is 9. The monoisotopic (exact) mass is 425 g/mol. The number of nitrogens with one attached hydrogen (secondary N) is 1. The van der Waals surface area contributed by atoms with Gasteiger partial charge in [-0.2, -0.15) is 5.26 Å². The van der Waals surface area contributed by atoms with E-state index in [4.69, 9.17) is 5.26 Å². The lowest BCUT2D eigenvalue weighted by Crippen LogP contribution is -2.33. The number of carbonyl (C=O) groups excluding carboxylic acids is 1. The molecule has 1 saturated carbocycles. The molecule has 1 aliphatic rings. The molecule has 1 fully saturated rings. The van der Waals surface area contributed by atoms with Crippen molar-refractivity contribution in [1.29, 1.82) is 5.26 Å². The Morgan fingerprint density at radius 2 is 1.80 bits per heavy atom. The predicted octanol–water partition coefficient (Wildman–Crippen LogP) is 3.54. The number of hydrogen-bond acceptors (Lipinski definition) is 4. The minimum Gasteiger partial charge on any atom is -0.336 e. The Bertz CT molecular complexity index is 1020. The summed E-state index contributed by atoms with van der Waals surface area (Å²) in [5.74, 6) is 0.0430. The molecule has 0 saturated heterocycles. The van der Waals surface area contributed by atoms with E-state index in [-0.39, 0.29) is 22.9 Å². The van der Waals surface area contributed by atoms with Crippen LogP contribution in [0.1, 0.15) is 55.8 Å². The second kappa shape index (κ2) is 9.41. The highest BCUT2D eigenvalue weighted by Gasteiger charge is 2.27. The second-order valence-corrected chi connectivity index (χ2v) is 9.34. The number of amides is 1. The predicted molar refractivity (Wildman–Crippen MR) is 115 cm³/mol. The van der Waals surface area contributed by atoms with Crippen LogP contribution in [0.2, 0.25) is 0 Å². The van der Waals surface area contributed by atoms with Crippen LogP contribution in [-0.2, 0) is 21.2 Å². The molecular weight excluding hydrogens is 398 g/mol. The minimum atomic E-state index is -3.45. The third-order valence-corrected chi connectivity index (χ3v) is 6.95. The number of hydrogen-bond donors (Lipinski definition) is 1. The van der Waals surface area contributed by atoms with E-state index in [0.29, 0.717) is 24.9 Å². The fourth-order valence-corrected chi connectivity index (χ4v) is 4.71. The smallest absolute Gasteiger partial charge is 0.240 e. The summed E-state index contributed by atoms with van der Waals surface area (Å²) in [6, 6.07) is 16.1. The van der Waals surface area contributed by atoms with E-state index >= 15 is 0 Å². The Hall–Kier alpha value is -2.69. The zero-order chi connectivity index (χ0) is 21.7. The molecule has 1 N–H and O–H groups in total. The first-order valence-corrected chi connectivity index (χ1v) is 11.7. The average molecular weight is 426 g/mol. The SMILES string of the molecule is CCN(C(=O)CCc1ccc(S(=O)(=O)NC2CC2)cc1)C(C)c1ccc(C#N)cc1. The van der Waals surface area contributed by atoms with Crippen LogP contribution in [-0.4, -0.2) is 31.8 Å². The Labute approximate surface area is 178 Å². The largest absolute Gasteiger partial charge is 0.336 e. The maximum absolute atomic E-state index is 12.8. The Morgan fingerprint density at radius 3 is 2.33 bits per heavy atom. The molecule has 1 aliphatic carbocycles. The van der Waals surface area contributed by atoms with Gasteiger partial charge in [-0.15, -0.1) is 0 Å². The summed E-state index contributed by atoms with van der Waals surface area (Å²) in [6.45, 7) is 4.52. The molecule has 158 valence electrons. The van der Waals surface area contributed by atoms with Crippen LogP contribution in [0.3, 0.4) is 0 Å². The lowest BCUT2D eigenvalue weighted by molar-refractivity contribution is -0.133. The molecule has 0 bridgehead atoms. The van der Waals surface area contributed by atoms with Crippen molar-refractivity contribution < 1.29 is 13.2 Å². The van der Waals surface area contributed by atoms with Gasteiger partial charge in [0.1, 0.15) is 0 Å². The van der Waals surface area contributed by atoms with Crippen molar-refractivity contribution in [2.24, 2.45) is 0 Å². The summed E-state index contributed by atoms with van der Waals surface area (Å²) in [4.78, 5) is 14.9. The molecule has 30 heavy (non-hydrogen) atoms. The fourth-order valence-electron chi connectivity index (χ4n) is 3.40. The van der Waals surface area contributed by atoms with Crippen LogP contribution in [0, 0.1) is 11.3 Å². The minimum absolute atomic E-state index is 0.0430. The van der Waals surface area contributed by atoms with E-state index in [1.165, 1.54) is 0 Å². The first-order valence-electron chi connectivity index (χ1n) is 10.2. The van der Waals surface area contributed by atoms with E-state index in [2.05, 4.69) is 10.8 Å².